The van der Waals surface area contributed by atoms with Crippen LogP contribution in [0, 0.1) is 12.3 Å². The van der Waals surface area contributed by atoms with E-state index in [1.165, 1.54) is 0 Å². The molecule has 1 unspecified atom stereocenters. The van der Waals surface area contributed by atoms with Gasteiger partial charge in [0.15, 0.2) is 0 Å². The van der Waals surface area contributed by atoms with Gasteiger partial charge in [0.25, 0.3) is 0 Å². The second-order valence-electron chi connectivity index (χ2n) is 2.17. The van der Waals surface area contributed by atoms with E-state index in [1.54, 1.807) is 0 Å². The van der Waals surface area contributed by atoms with Gasteiger partial charge in [-0.1, -0.05) is 5.92 Å². The van der Waals surface area contributed by atoms with Crippen LogP contribution in [-0.4, -0.2) is 23.9 Å². The lowest BCUT2D eigenvalue weighted by molar-refractivity contribution is 0.0347. The van der Waals surface area contributed by atoms with Gasteiger partial charge in [0.2, 0.25) is 0 Å². The van der Waals surface area contributed by atoms with Gasteiger partial charge in [0.1, 0.15) is 6.10 Å². The van der Waals surface area contributed by atoms with Crippen LogP contribution >= 0.6 is 0 Å². The van der Waals surface area contributed by atoms with Gasteiger partial charge in [-0.25, -0.2) is 0 Å². The first-order chi connectivity index (χ1) is 4.36. The lowest BCUT2D eigenvalue weighted by atomic mass is 10.2. The molecule has 1 fully saturated rings. The second-order valence-corrected chi connectivity index (χ2v) is 2.17. The number of terminal acetylenes is 1. The van der Waals surface area contributed by atoms with Gasteiger partial charge in [-0.2, -0.15) is 0 Å². The van der Waals surface area contributed by atoms with E-state index < -0.39 is 0 Å². The van der Waals surface area contributed by atoms with Crippen LogP contribution in [0.2, 0.25) is 0 Å². The standard InChI is InChI=1S/C7H10O2/c1-2-6-3-4-7(5-8)9-6/h1,6-8H,3-5H2/t6?,7-/m1/s1. The molecule has 0 radical (unpaired) electrons. The summed E-state index contributed by atoms with van der Waals surface area (Å²) in [7, 11) is 0. The zero-order chi connectivity index (χ0) is 6.69. The maximum Gasteiger partial charge on any atom is 0.118 e. The van der Waals surface area contributed by atoms with Gasteiger partial charge in [-0.15, -0.1) is 6.42 Å². The molecule has 0 aromatic rings. The summed E-state index contributed by atoms with van der Waals surface area (Å²) in [6, 6.07) is 0. The smallest absolute Gasteiger partial charge is 0.118 e. The Morgan fingerprint density at radius 3 is 2.78 bits per heavy atom. The third-order valence-electron chi connectivity index (χ3n) is 1.50. The first-order valence-corrected chi connectivity index (χ1v) is 3.09. The quantitative estimate of drug-likeness (QED) is 0.507. The summed E-state index contributed by atoms with van der Waals surface area (Å²) in [5.74, 6) is 2.49. The van der Waals surface area contributed by atoms with Crippen molar-refractivity contribution in [2.24, 2.45) is 0 Å². The lowest BCUT2D eigenvalue weighted by Crippen LogP contribution is -2.12. The molecule has 0 amide bonds. The highest BCUT2D eigenvalue weighted by molar-refractivity contribution is 4.97. The largest absolute Gasteiger partial charge is 0.394 e. The van der Waals surface area contributed by atoms with Crippen LogP contribution in [-0.2, 0) is 4.74 Å². The van der Waals surface area contributed by atoms with Crippen molar-refractivity contribution in [1.82, 2.24) is 0 Å². The first kappa shape index (κ1) is 6.60. The fraction of sp³-hybridized carbons (Fsp3) is 0.714. The van der Waals surface area contributed by atoms with E-state index in [-0.39, 0.29) is 18.8 Å². The molecule has 0 bridgehead atoms. The third kappa shape index (κ3) is 1.44. The molecule has 50 valence electrons. The molecule has 0 aliphatic carbocycles. The fourth-order valence-corrected chi connectivity index (χ4v) is 0.963. The van der Waals surface area contributed by atoms with Gasteiger partial charge >= 0.3 is 0 Å². The van der Waals surface area contributed by atoms with E-state index in [0.29, 0.717) is 0 Å². The summed E-state index contributed by atoms with van der Waals surface area (Å²) >= 11 is 0. The minimum Gasteiger partial charge on any atom is -0.394 e. The number of aliphatic hydroxyl groups excluding tert-OH is 1. The van der Waals surface area contributed by atoms with E-state index in [0.717, 1.165) is 12.8 Å². The Bertz CT molecular complexity index is 125. The first-order valence-electron chi connectivity index (χ1n) is 3.09. The van der Waals surface area contributed by atoms with Gasteiger partial charge in [-0.3, -0.25) is 0 Å². The molecule has 0 aromatic heterocycles. The highest BCUT2D eigenvalue weighted by atomic mass is 16.5. The number of hydrogen-bond acceptors (Lipinski definition) is 2. The third-order valence-corrected chi connectivity index (χ3v) is 1.50. The van der Waals surface area contributed by atoms with E-state index in [1.807, 2.05) is 0 Å². The maximum atomic E-state index is 8.59. The van der Waals surface area contributed by atoms with Gasteiger partial charge < -0.3 is 9.84 Å². The van der Waals surface area contributed by atoms with E-state index >= 15 is 0 Å². The van der Waals surface area contributed by atoms with Crippen molar-refractivity contribution >= 4 is 0 Å². The van der Waals surface area contributed by atoms with Crippen LogP contribution in [0.3, 0.4) is 0 Å². The average Bonchev–Trinajstić information content (AvgIpc) is 2.34. The molecule has 1 aliphatic heterocycles. The molecule has 1 saturated heterocycles. The van der Waals surface area contributed by atoms with Crippen molar-refractivity contribution in [3.63, 3.8) is 0 Å². The SMILES string of the molecule is C#CC1CC[C@H](CO)O1. The maximum absolute atomic E-state index is 8.59. The molecular weight excluding hydrogens is 116 g/mol. The van der Waals surface area contributed by atoms with Crippen molar-refractivity contribution in [1.29, 1.82) is 0 Å². The summed E-state index contributed by atoms with van der Waals surface area (Å²) in [4.78, 5) is 0. The van der Waals surface area contributed by atoms with E-state index in [2.05, 4.69) is 5.92 Å². The Kier molecular flexibility index (Phi) is 2.10. The lowest BCUT2D eigenvalue weighted by Gasteiger charge is -2.04. The summed E-state index contributed by atoms with van der Waals surface area (Å²) in [6.45, 7) is 0.0954. The molecule has 1 rings (SSSR count). The molecule has 0 saturated carbocycles. The molecule has 0 aromatic carbocycles. The van der Waals surface area contributed by atoms with Crippen LogP contribution in [0.5, 0.6) is 0 Å². The molecule has 0 spiro atoms. The predicted molar refractivity (Wildman–Crippen MR) is 33.8 cm³/mol. The van der Waals surface area contributed by atoms with Gasteiger partial charge in [-0.05, 0) is 12.8 Å². The van der Waals surface area contributed by atoms with Crippen LogP contribution in [0.1, 0.15) is 12.8 Å². The number of rotatable bonds is 1. The predicted octanol–water partition coefficient (Wildman–Crippen LogP) is 0.160. The van der Waals surface area contributed by atoms with Crippen molar-refractivity contribution < 1.29 is 9.84 Å². The molecule has 1 heterocycles. The zero-order valence-electron chi connectivity index (χ0n) is 5.21. The molecule has 9 heavy (non-hydrogen) atoms. The molecule has 1 N–H and O–H groups in total. The highest BCUT2D eigenvalue weighted by Gasteiger charge is 2.22. The van der Waals surface area contributed by atoms with Crippen LogP contribution in [0.25, 0.3) is 0 Å². The summed E-state index contributed by atoms with van der Waals surface area (Å²) < 4.78 is 5.17. The molecule has 1 aliphatic rings. The number of hydrogen-bond donors (Lipinski definition) is 1. The Balaban J connectivity index is 2.31. The van der Waals surface area contributed by atoms with Crippen molar-refractivity contribution in [2.75, 3.05) is 6.61 Å². The Morgan fingerprint density at radius 1 is 1.67 bits per heavy atom. The number of ether oxygens (including phenoxy) is 1. The summed E-state index contributed by atoms with van der Waals surface area (Å²) in [5, 5.41) is 8.59. The van der Waals surface area contributed by atoms with Crippen LogP contribution in [0.4, 0.5) is 0 Å². The van der Waals surface area contributed by atoms with Crippen molar-refractivity contribution in [2.45, 2.75) is 25.0 Å². The van der Waals surface area contributed by atoms with Crippen molar-refractivity contribution in [3.8, 4) is 12.3 Å². The zero-order valence-corrected chi connectivity index (χ0v) is 5.21. The topological polar surface area (TPSA) is 29.5 Å². The summed E-state index contributed by atoms with van der Waals surface area (Å²) in [5.41, 5.74) is 0. The second kappa shape index (κ2) is 2.86. The minimum absolute atomic E-state index is 0.00829. The van der Waals surface area contributed by atoms with Gasteiger partial charge in [0, 0.05) is 0 Å². The van der Waals surface area contributed by atoms with Gasteiger partial charge in [0.05, 0.1) is 12.7 Å². The fourth-order valence-electron chi connectivity index (χ4n) is 0.963. The molecular formula is C7H10O2. The highest BCUT2D eigenvalue weighted by Crippen LogP contribution is 2.17. The van der Waals surface area contributed by atoms with Crippen molar-refractivity contribution in [3.05, 3.63) is 0 Å². The Labute approximate surface area is 54.8 Å². The molecule has 2 nitrogen and oxygen atoms in total. The Morgan fingerprint density at radius 2 is 2.44 bits per heavy atom. The van der Waals surface area contributed by atoms with Crippen LogP contribution in [0.15, 0.2) is 0 Å². The average molecular weight is 126 g/mol. The number of aliphatic hydroxyl groups is 1. The Hall–Kier alpha value is -0.520. The van der Waals surface area contributed by atoms with Crippen LogP contribution < -0.4 is 0 Å². The molecule has 2 heteroatoms. The monoisotopic (exact) mass is 126 g/mol. The van der Waals surface area contributed by atoms with E-state index in [4.69, 9.17) is 16.3 Å². The normalized spacial score (nSPS) is 34.2. The summed E-state index contributed by atoms with van der Waals surface area (Å²) in [6.07, 6.45) is 6.82. The molecule has 2 atom stereocenters. The van der Waals surface area contributed by atoms with E-state index in [9.17, 15) is 0 Å². The minimum atomic E-state index is -0.0536.